The number of hydrogen-bond donors (Lipinski definition) is 1. The molecule has 3 rings (SSSR count). The number of morpholine rings is 1. The lowest BCUT2D eigenvalue weighted by Crippen LogP contribution is -2.43. The normalized spacial score (nSPS) is 21.2. The van der Waals surface area contributed by atoms with Gasteiger partial charge < -0.3 is 14.8 Å². The minimum atomic E-state index is -5.09. The Hall–Kier alpha value is -1.88. The molecule has 0 aromatic heterocycles. The quantitative estimate of drug-likeness (QED) is 0.532. The fourth-order valence-corrected chi connectivity index (χ4v) is 3.54. The second-order valence-electron chi connectivity index (χ2n) is 6.93. The van der Waals surface area contributed by atoms with Gasteiger partial charge in [0.2, 0.25) is 0 Å². The summed E-state index contributed by atoms with van der Waals surface area (Å²) >= 11 is 5.42. The smallest absolute Gasteiger partial charge is 0.349 e. The summed E-state index contributed by atoms with van der Waals surface area (Å²) in [6.07, 6.45) is -12.4. The first-order chi connectivity index (χ1) is 14.4. The molecule has 1 aliphatic heterocycles. The fourth-order valence-electron chi connectivity index (χ4n) is 3.22. The molecule has 2 aromatic carbocycles. The Morgan fingerprint density at radius 3 is 2.10 bits per heavy atom. The molecule has 1 fully saturated rings. The van der Waals surface area contributed by atoms with Crippen LogP contribution in [0.3, 0.4) is 0 Å². The monoisotopic (exact) mass is 471 g/mol. The molecule has 31 heavy (non-hydrogen) atoms. The van der Waals surface area contributed by atoms with E-state index in [2.05, 4.69) is 5.32 Å². The van der Waals surface area contributed by atoms with E-state index in [0.717, 1.165) is 0 Å². The molecule has 1 heterocycles. The van der Waals surface area contributed by atoms with Crippen molar-refractivity contribution in [3.63, 3.8) is 0 Å². The molecule has 1 saturated heterocycles. The van der Waals surface area contributed by atoms with E-state index in [4.69, 9.17) is 21.1 Å². The van der Waals surface area contributed by atoms with Gasteiger partial charge in [0, 0.05) is 6.54 Å². The number of benzene rings is 2. The van der Waals surface area contributed by atoms with E-state index in [-0.39, 0.29) is 12.2 Å². The van der Waals surface area contributed by atoms with Crippen molar-refractivity contribution in [2.24, 2.45) is 0 Å². The van der Waals surface area contributed by atoms with Crippen LogP contribution in [0.4, 0.5) is 30.7 Å². The van der Waals surface area contributed by atoms with Crippen LogP contribution in [-0.2, 0) is 21.8 Å². The zero-order valence-electron chi connectivity index (χ0n) is 16.0. The molecule has 1 N–H and O–H groups in total. The van der Waals surface area contributed by atoms with Gasteiger partial charge in [0.05, 0.1) is 34.9 Å². The first-order valence-electron chi connectivity index (χ1n) is 9.11. The van der Waals surface area contributed by atoms with Crippen LogP contribution in [0.15, 0.2) is 36.4 Å². The molecule has 0 spiro atoms. The van der Waals surface area contributed by atoms with E-state index < -0.39 is 52.8 Å². The van der Waals surface area contributed by atoms with Crippen LogP contribution in [0, 0.1) is 5.82 Å². The molecule has 0 saturated carbocycles. The summed E-state index contributed by atoms with van der Waals surface area (Å²) in [6, 6.07) is 5.86. The number of nitrogens with one attached hydrogen (secondary N) is 1. The third-order valence-corrected chi connectivity index (χ3v) is 5.17. The maximum absolute atomic E-state index is 13.3. The van der Waals surface area contributed by atoms with E-state index in [1.165, 1.54) is 31.2 Å². The van der Waals surface area contributed by atoms with Gasteiger partial charge in [0.25, 0.3) is 0 Å². The molecular weight excluding hydrogens is 455 g/mol. The average molecular weight is 472 g/mol. The Balaban J connectivity index is 1.92. The Morgan fingerprint density at radius 1 is 1.03 bits per heavy atom. The number of rotatable bonds is 4. The summed E-state index contributed by atoms with van der Waals surface area (Å²) in [5.74, 6) is -0.466. The highest BCUT2D eigenvalue weighted by Gasteiger charge is 2.41. The predicted molar refractivity (Wildman–Crippen MR) is 97.8 cm³/mol. The van der Waals surface area contributed by atoms with Crippen LogP contribution in [0.25, 0.3) is 0 Å². The van der Waals surface area contributed by atoms with Crippen LogP contribution in [0.2, 0.25) is 5.02 Å². The Kier molecular flexibility index (Phi) is 6.85. The van der Waals surface area contributed by atoms with Crippen molar-refractivity contribution < 1.29 is 40.2 Å². The van der Waals surface area contributed by atoms with E-state index >= 15 is 0 Å². The molecular formula is C20H17ClF7NO2. The average Bonchev–Trinajstić information content (AvgIpc) is 2.67. The highest BCUT2D eigenvalue weighted by Crippen LogP contribution is 2.44. The van der Waals surface area contributed by atoms with E-state index in [1.807, 2.05) is 0 Å². The minimum Gasteiger partial charge on any atom is -0.349 e. The van der Waals surface area contributed by atoms with Gasteiger partial charge in [-0.05, 0) is 42.3 Å². The minimum absolute atomic E-state index is 0.206. The van der Waals surface area contributed by atoms with Gasteiger partial charge in [-0.15, -0.1) is 0 Å². The van der Waals surface area contributed by atoms with Gasteiger partial charge in [-0.25, -0.2) is 4.39 Å². The Morgan fingerprint density at radius 2 is 1.58 bits per heavy atom. The summed E-state index contributed by atoms with van der Waals surface area (Å²) in [6.45, 7) is 1.94. The second kappa shape index (κ2) is 8.93. The summed E-state index contributed by atoms with van der Waals surface area (Å²) in [5, 5.41) is 1.67. The topological polar surface area (TPSA) is 30.5 Å². The maximum Gasteiger partial charge on any atom is 0.417 e. The molecule has 0 unspecified atom stereocenters. The predicted octanol–water partition coefficient (Wildman–Crippen LogP) is 6.28. The Labute approximate surface area is 178 Å². The molecule has 3 atom stereocenters. The van der Waals surface area contributed by atoms with Crippen molar-refractivity contribution in [3.05, 3.63) is 69.5 Å². The number of hydrogen-bond acceptors (Lipinski definition) is 3. The highest BCUT2D eigenvalue weighted by molar-refractivity contribution is 6.32. The summed E-state index contributed by atoms with van der Waals surface area (Å²) < 4.78 is 104. The third kappa shape index (κ3) is 5.49. The van der Waals surface area contributed by atoms with Crippen LogP contribution >= 0.6 is 11.6 Å². The van der Waals surface area contributed by atoms with Gasteiger partial charge in [-0.1, -0.05) is 23.7 Å². The molecule has 0 amide bonds. The lowest BCUT2D eigenvalue weighted by atomic mass is 10.0. The van der Waals surface area contributed by atoms with Crippen LogP contribution < -0.4 is 5.32 Å². The SMILES string of the molecule is C[C@@H](O[C@H]1OCCN[C@H]1c1ccc(F)cc1)c1cc(C(F)(F)F)c(Cl)c(C(F)(F)F)c1. The summed E-state index contributed by atoms with van der Waals surface area (Å²) in [4.78, 5) is 0. The lowest BCUT2D eigenvalue weighted by Gasteiger charge is -2.35. The van der Waals surface area contributed by atoms with Crippen LogP contribution in [-0.4, -0.2) is 19.4 Å². The van der Waals surface area contributed by atoms with E-state index in [0.29, 0.717) is 24.2 Å². The number of alkyl halides is 6. The molecule has 0 aliphatic carbocycles. The Bertz CT molecular complexity index is 880. The van der Waals surface area contributed by atoms with Crippen molar-refractivity contribution in [1.29, 1.82) is 0 Å². The highest BCUT2D eigenvalue weighted by atomic mass is 35.5. The molecule has 3 nitrogen and oxygen atoms in total. The number of ether oxygens (including phenoxy) is 2. The first-order valence-corrected chi connectivity index (χ1v) is 9.49. The van der Waals surface area contributed by atoms with E-state index in [9.17, 15) is 30.7 Å². The zero-order valence-corrected chi connectivity index (χ0v) is 16.7. The first kappa shape index (κ1) is 23.8. The van der Waals surface area contributed by atoms with Gasteiger partial charge in [-0.2, -0.15) is 26.3 Å². The van der Waals surface area contributed by atoms with Gasteiger partial charge in [-0.3, -0.25) is 0 Å². The maximum atomic E-state index is 13.3. The van der Waals surface area contributed by atoms with Gasteiger partial charge >= 0.3 is 12.4 Å². The van der Waals surface area contributed by atoms with E-state index in [1.54, 1.807) is 0 Å². The zero-order chi connectivity index (χ0) is 23.0. The summed E-state index contributed by atoms with van der Waals surface area (Å²) in [5.41, 5.74) is -2.99. The molecule has 1 aliphatic rings. The van der Waals surface area contributed by atoms with Crippen LogP contribution in [0.1, 0.15) is 41.3 Å². The van der Waals surface area contributed by atoms with Gasteiger partial charge in [0.15, 0.2) is 6.29 Å². The number of halogens is 8. The van der Waals surface area contributed by atoms with Gasteiger partial charge in [0.1, 0.15) is 5.82 Å². The van der Waals surface area contributed by atoms with Crippen LogP contribution in [0.5, 0.6) is 0 Å². The largest absolute Gasteiger partial charge is 0.417 e. The molecule has 0 radical (unpaired) electrons. The molecule has 11 heteroatoms. The lowest BCUT2D eigenvalue weighted by molar-refractivity contribution is -0.200. The third-order valence-electron chi connectivity index (χ3n) is 4.76. The van der Waals surface area contributed by atoms with Crippen molar-refractivity contribution in [2.75, 3.05) is 13.2 Å². The standard InChI is InChI=1S/C20H17ClF7NO2/c1-10(12-8-14(19(23,24)25)16(21)15(9-12)20(26,27)28)31-18-17(29-6-7-30-18)11-2-4-13(22)5-3-11/h2-5,8-10,17-18,29H,6-7H2,1H3/t10-,17+,18-/m1/s1. The molecule has 0 bridgehead atoms. The van der Waals surface area contributed by atoms with Crippen molar-refractivity contribution in [2.45, 2.75) is 37.7 Å². The fraction of sp³-hybridized carbons (Fsp3) is 0.400. The second-order valence-corrected chi connectivity index (χ2v) is 7.30. The van der Waals surface area contributed by atoms with Crippen molar-refractivity contribution >= 4 is 11.6 Å². The van der Waals surface area contributed by atoms with Crippen molar-refractivity contribution in [3.8, 4) is 0 Å². The summed E-state index contributed by atoms with van der Waals surface area (Å²) in [7, 11) is 0. The van der Waals surface area contributed by atoms with Crippen molar-refractivity contribution in [1.82, 2.24) is 5.32 Å². The molecule has 170 valence electrons. The molecule has 2 aromatic rings.